The highest BCUT2D eigenvalue weighted by molar-refractivity contribution is 6.18. The summed E-state index contributed by atoms with van der Waals surface area (Å²) in [6.07, 6.45) is 0. The first-order valence-electron chi connectivity index (χ1n) is 22.8. The topological polar surface area (TPSA) is 21.3 Å². The molecule has 1 aliphatic rings. The summed E-state index contributed by atoms with van der Waals surface area (Å²) in [6.45, 7) is 4.69. The first-order chi connectivity index (χ1) is 32.5. The van der Waals surface area contributed by atoms with E-state index in [1.165, 1.54) is 60.8 Å². The van der Waals surface area contributed by atoms with Crippen molar-refractivity contribution in [2.45, 2.75) is 19.3 Å². The van der Waals surface area contributed by atoms with Crippen molar-refractivity contribution in [1.82, 2.24) is 4.57 Å². The molecule has 0 radical (unpaired) electrons. The minimum absolute atomic E-state index is 0.113. The number of furan rings is 1. The molecular weight excluding hydrogens is 801 g/mol. The van der Waals surface area contributed by atoms with Gasteiger partial charge in [-0.2, -0.15) is 0 Å². The van der Waals surface area contributed by atoms with Gasteiger partial charge in [0.05, 0.1) is 22.1 Å². The zero-order valence-corrected chi connectivity index (χ0v) is 36.7. The first kappa shape index (κ1) is 38.1. The van der Waals surface area contributed by atoms with Crippen molar-refractivity contribution >= 4 is 60.8 Å². The standard InChI is InChI=1S/C63H44N2O/c1-63(2)54-22-10-6-19-52(54)60-50(21-14-23-55(60)63)51-39-40-58(61-53-20-9-13-26-59(53)66-62(51)61)64(45-33-27-42(28-34-45)41-15-4-3-5-16-41)46-35-29-43(30-36-46)44-31-37-47(38-32-44)65-56-24-11-7-17-48(56)49-18-8-12-25-57(49)65/h3-40H,1-2H3. The van der Waals surface area contributed by atoms with E-state index in [0.717, 1.165) is 61.4 Å². The Morgan fingerprint density at radius 1 is 0.394 bits per heavy atom. The van der Waals surface area contributed by atoms with Gasteiger partial charge in [0.2, 0.25) is 0 Å². The average Bonchev–Trinajstić information content (AvgIpc) is 4.01. The minimum Gasteiger partial charge on any atom is -0.455 e. The lowest BCUT2D eigenvalue weighted by Gasteiger charge is -2.27. The summed E-state index contributed by atoms with van der Waals surface area (Å²) >= 11 is 0. The van der Waals surface area contributed by atoms with Crippen molar-refractivity contribution in [2.75, 3.05) is 4.90 Å². The quantitative estimate of drug-likeness (QED) is 0.159. The van der Waals surface area contributed by atoms with E-state index < -0.39 is 0 Å². The molecule has 3 heteroatoms. The van der Waals surface area contributed by atoms with E-state index in [2.05, 4.69) is 254 Å². The third kappa shape index (κ3) is 5.83. The van der Waals surface area contributed by atoms with Gasteiger partial charge in [0.1, 0.15) is 11.2 Å². The molecular formula is C63H44N2O. The first-order valence-corrected chi connectivity index (χ1v) is 22.8. The molecule has 0 aliphatic heterocycles. The number of rotatable bonds is 7. The van der Waals surface area contributed by atoms with Crippen molar-refractivity contribution in [3.63, 3.8) is 0 Å². The van der Waals surface area contributed by atoms with E-state index in [9.17, 15) is 0 Å². The Hall–Kier alpha value is -8.40. The van der Waals surface area contributed by atoms with Crippen LogP contribution in [-0.2, 0) is 5.41 Å². The monoisotopic (exact) mass is 844 g/mol. The van der Waals surface area contributed by atoms with Gasteiger partial charge in [-0.25, -0.2) is 0 Å². The van der Waals surface area contributed by atoms with Gasteiger partial charge in [-0.05, 0) is 117 Å². The molecule has 312 valence electrons. The number of anilines is 3. The second kappa shape index (κ2) is 14.8. The summed E-state index contributed by atoms with van der Waals surface area (Å²) in [5.41, 5.74) is 20.6. The van der Waals surface area contributed by atoms with Crippen LogP contribution >= 0.6 is 0 Å². The van der Waals surface area contributed by atoms with Crippen LogP contribution in [0.1, 0.15) is 25.0 Å². The van der Waals surface area contributed by atoms with E-state index in [1.54, 1.807) is 0 Å². The van der Waals surface area contributed by atoms with E-state index >= 15 is 0 Å². The third-order valence-corrected chi connectivity index (χ3v) is 14.0. The molecule has 3 nitrogen and oxygen atoms in total. The van der Waals surface area contributed by atoms with Crippen LogP contribution in [0.25, 0.3) is 93.9 Å². The number of hydrogen-bond acceptors (Lipinski definition) is 2. The SMILES string of the molecule is CC1(C)c2ccccc2-c2c(-c3ccc(N(c4ccc(-c5ccccc5)cc4)c4ccc(-c5ccc(-n6c7ccccc7c7ccccc76)cc5)cc4)c4c3oc3ccccc34)cccc21. The number of para-hydroxylation sites is 3. The Morgan fingerprint density at radius 3 is 1.58 bits per heavy atom. The number of aromatic nitrogens is 1. The largest absolute Gasteiger partial charge is 0.455 e. The highest BCUT2D eigenvalue weighted by Crippen LogP contribution is 2.54. The molecule has 0 unspecified atom stereocenters. The lowest BCUT2D eigenvalue weighted by Crippen LogP contribution is -2.14. The van der Waals surface area contributed by atoms with Crippen molar-refractivity contribution < 1.29 is 4.42 Å². The Balaban J connectivity index is 0.954. The predicted octanol–water partition coefficient (Wildman–Crippen LogP) is 17.5. The van der Waals surface area contributed by atoms with E-state index in [0.29, 0.717) is 0 Å². The molecule has 12 aromatic rings. The molecule has 2 heterocycles. The Morgan fingerprint density at radius 2 is 0.909 bits per heavy atom. The summed E-state index contributed by atoms with van der Waals surface area (Å²) in [5.74, 6) is 0. The Kier molecular flexibility index (Phi) is 8.56. The molecule has 13 rings (SSSR count). The predicted molar refractivity (Wildman–Crippen MR) is 277 cm³/mol. The number of fused-ring (bicyclic) bond motifs is 9. The summed E-state index contributed by atoms with van der Waals surface area (Å²) < 4.78 is 9.38. The smallest absolute Gasteiger partial charge is 0.145 e. The zero-order valence-electron chi connectivity index (χ0n) is 36.7. The molecule has 1 aliphatic carbocycles. The summed E-state index contributed by atoms with van der Waals surface area (Å²) in [6, 6.07) is 83.6. The van der Waals surface area contributed by atoms with Gasteiger partial charge in [0, 0.05) is 44.2 Å². The van der Waals surface area contributed by atoms with Crippen LogP contribution in [0.5, 0.6) is 0 Å². The molecule has 0 atom stereocenters. The van der Waals surface area contributed by atoms with E-state index in [4.69, 9.17) is 4.42 Å². The zero-order chi connectivity index (χ0) is 43.9. The van der Waals surface area contributed by atoms with Crippen LogP contribution < -0.4 is 4.90 Å². The van der Waals surface area contributed by atoms with Crippen molar-refractivity contribution in [3.8, 4) is 50.2 Å². The molecule has 2 aromatic heterocycles. The normalized spacial score (nSPS) is 12.8. The van der Waals surface area contributed by atoms with Gasteiger partial charge in [-0.3, -0.25) is 0 Å². The van der Waals surface area contributed by atoms with Crippen molar-refractivity contribution in [2.24, 2.45) is 0 Å². The molecule has 0 fully saturated rings. The van der Waals surface area contributed by atoms with Crippen molar-refractivity contribution in [3.05, 3.63) is 242 Å². The molecule has 66 heavy (non-hydrogen) atoms. The summed E-state index contributed by atoms with van der Waals surface area (Å²) in [4.78, 5) is 2.39. The third-order valence-electron chi connectivity index (χ3n) is 14.0. The van der Waals surface area contributed by atoms with Crippen LogP contribution in [0.3, 0.4) is 0 Å². The molecule has 0 bridgehead atoms. The maximum absolute atomic E-state index is 7.01. The highest BCUT2D eigenvalue weighted by Gasteiger charge is 2.37. The second-order valence-corrected chi connectivity index (χ2v) is 18.0. The van der Waals surface area contributed by atoms with Gasteiger partial charge in [0.25, 0.3) is 0 Å². The minimum atomic E-state index is -0.113. The maximum Gasteiger partial charge on any atom is 0.145 e. The molecule has 0 saturated heterocycles. The van der Waals surface area contributed by atoms with Gasteiger partial charge < -0.3 is 13.9 Å². The second-order valence-electron chi connectivity index (χ2n) is 18.0. The van der Waals surface area contributed by atoms with Crippen LogP contribution in [0, 0.1) is 0 Å². The van der Waals surface area contributed by atoms with Crippen molar-refractivity contribution in [1.29, 1.82) is 0 Å². The summed E-state index contributed by atoms with van der Waals surface area (Å²) in [7, 11) is 0. The number of benzene rings is 10. The lowest BCUT2D eigenvalue weighted by molar-refractivity contribution is 0.660. The van der Waals surface area contributed by atoms with Crippen LogP contribution in [0.4, 0.5) is 17.1 Å². The Bertz CT molecular complexity index is 3760. The highest BCUT2D eigenvalue weighted by atomic mass is 16.3. The molecule has 0 saturated carbocycles. The fourth-order valence-electron chi connectivity index (χ4n) is 10.9. The van der Waals surface area contributed by atoms with Crippen LogP contribution in [0.2, 0.25) is 0 Å². The molecule has 0 N–H and O–H groups in total. The molecule has 10 aromatic carbocycles. The lowest BCUT2D eigenvalue weighted by atomic mass is 9.82. The maximum atomic E-state index is 7.01. The average molecular weight is 845 g/mol. The van der Waals surface area contributed by atoms with Gasteiger partial charge >= 0.3 is 0 Å². The van der Waals surface area contributed by atoms with E-state index in [1.807, 2.05) is 0 Å². The van der Waals surface area contributed by atoms with Gasteiger partial charge in [-0.15, -0.1) is 0 Å². The number of nitrogens with zero attached hydrogens (tertiary/aromatic N) is 2. The Labute approximate surface area is 384 Å². The fourth-order valence-corrected chi connectivity index (χ4v) is 10.9. The van der Waals surface area contributed by atoms with Crippen LogP contribution in [0.15, 0.2) is 235 Å². The van der Waals surface area contributed by atoms with E-state index in [-0.39, 0.29) is 5.41 Å². The molecule has 0 amide bonds. The molecule has 0 spiro atoms. The van der Waals surface area contributed by atoms with Gasteiger partial charge in [-0.1, -0.05) is 178 Å². The number of hydrogen-bond donors (Lipinski definition) is 0. The van der Waals surface area contributed by atoms with Gasteiger partial charge in [0.15, 0.2) is 0 Å². The van der Waals surface area contributed by atoms with Crippen LogP contribution in [-0.4, -0.2) is 4.57 Å². The fraction of sp³-hybridized carbons (Fsp3) is 0.0476. The summed E-state index contributed by atoms with van der Waals surface area (Å²) in [5, 5.41) is 4.70.